The zero-order valence-electron chi connectivity index (χ0n) is 23.3. The molecule has 0 bridgehead atoms. The van der Waals surface area contributed by atoms with Gasteiger partial charge >= 0.3 is 5.97 Å². The van der Waals surface area contributed by atoms with Gasteiger partial charge in [0.15, 0.2) is 5.78 Å². The van der Waals surface area contributed by atoms with Gasteiger partial charge in [-0.15, -0.1) is 0 Å². The standard InChI is InChI=1S/C31H46O4/c1-25(2)22(33)9-10-30(7)23-21(32)17-19-20-18-27(4,24(34)35)12-11-26(20,3)13-14-28(19,5)29(23,6)15-16-31(25,30)8/h17,20,23H,9-16,18H2,1-8H3,(H,34,35)/t20-,23+,26-,27+,28-,29-,30-,31+/m1/s1. The van der Waals surface area contributed by atoms with Crippen LogP contribution in [0.15, 0.2) is 11.6 Å². The van der Waals surface area contributed by atoms with Crippen molar-refractivity contribution in [2.45, 2.75) is 113 Å². The number of rotatable bonds is 1. The summed E-state index contributed by atoms with van der Waals surface area (Å²) in [6, 6.07) is 0. The molecular formula is C31H46O4. The van der Waals surface area contributed by atoms with Gasteiger partial charge < -0.3 is 5.11 Å². The number of carbonyl (C=O) groups excluding carboxylic acids is 2. The van der Waals surface area contributed by atoms with Crippen LogP contribution < -0.4 is 0 Å². The average molecular weight is 483 g/mol. The Balaban J connectivity index is 1.66. The molecule has 0 saturated heterocycles. The summed E-state index contributed by atoms with van der Waals surface area (Å²) in [6.07, 6.45) is 9.66. The number of carbonyl (C=O) groups is 3. The van der Waals surface area contributed by atoms with Crippen LogP contribution in [0.3, 0.4) is 0 Å². The summed E-state index contributed by atoms with van der Waals surface area (Å²) in [6.45, 7) is 17.9. The van der Waals surface area contributed by atoms with Crippen LogP contribution in [-0.4, -0.2) is 22.6 Å². The highest BCUT2D eigenvalue weighted by molar-refractivity contribution is 5.96. The Morgan fingerprint density at radius 3 is 2.09 bits per heavy atom. The molecule has 5 aliphatic rings. The molecule has 0 aromatic heterocycles. The first kappa shape index (κ1) is 25.2. The highest BCUT2D eigenvalue weighted by Crippen LogP contribution is 2.77. The number of carboxylic acid groups (broad SMARTS) is 1. The number of fused-ring (bicyclic) bond motifs is 7. The number of hydrogen-bond donors (Lipinski definition) is 1. The van der Waals surface area contributed by atoms with E-state index in [1.807, 2.05) is 13.0 Å². The van der Waals surface area contributed by atoms with E-state index in [2.05, 4.69) is 48.5 Å². The number of Topliss-reactive ketones (excluding diaryl/α,β-unsaturated/α-hetero) is 1. The molecule has 4 fully saturated rings. The molecule has 5 aliphatic carbocycles. The van der Waals surface area contributed by atoms with Gasteiger partial charge in [-0.2, -0.15) is 0 Å². The van der Waals surface area contributed by atoms with E-state index in [-0.39, 0.29) is 44.7 Å². The quantitative estimate of drug-likeness (QED) is 0.436. The van der Waals surface area contributed by atoms with E-state index in [0.717, 1.165) is 38.5 Å². The molecule has 4 nitrogen and oxygen atoms in total. The normalized spacial score (nSPS) is 53.0. The van der Waals surface area contributed by atoms with E-state index in [1.165, 1.54) is 5.57 Å². The summed E-state index contributed by atoms with van der Waals surface area (Å²) in [5.41, 5.74) is -0.606. The second-order valence-corrected chi connectivity index (χ2v) is 15.3. The second-order valence-electron chi connectivity index (χ2n) is 15.3. The molecule has 35 heavy (non-hydrogen) atoms. The fraction of sp³-hybridized carbons (Fsp3) is 0.839. The molecule has 0 aliphatic heterocycles. The Hall–Kier alpha value is -1.45. The van der Waals surface area contributed by atoms with Crippen molar-refractivity contribution < 1.29 is 19.5 Å². The first-order valence-corrected chi connectivity index (χ1v) is 13.9. The lowest BCUT2D eigenvalue weighted by Crippen LogP contribution is -2.69. The lowest BCUT2D eigenvalue weighted by atomic mass is 9.30. The van der Waals surface area contributed by atoms with Gasteiger partial charge in [0.05, 0.1) is 5.41 Å². The van der Waals surface area contributed by atoms with Crippen molar-refractivity contribution in [2.24, 2.45) is 49.7 Å². The number of ketones is 2. The third-order valence-electron chi connectivity index (χ3n) is 13.9. The smallest absolute Gasteiger partial charge is 0.309 e. The van der Waals surface area contributed by atoms with Crippen LogP contribution in [0.2, 0.25) is 0 Å². The first-order chi connectivity index (χ1) is 15.9. The largest absolute Gasteiger partial charge is 0.481 e. The predicted octanol–water partition coefficient (Wildman–Crippen LogP) is 7.01. The maximum Gasteiger partial charge on any atom is 0.309 e. The van der Waals surface area contributed by atoms with Gasteiger partial charge in [0.2, 0.25) is 0 Å². The third-order valence-corrected chi connectivity index (χ3v) is 13.9. The van der Waals surface area contributed by atoms with Crippen molar-refractivity contribution in [3.8, 4) is 0 Å². The molecule has 0 aromatic carbocycles. The topological polar surface area (TPSA) is 71.4 Å². The number of allylic oxidation sites excluding steroid dienone is 2. The second kappa shape index (κ2) is 6.90. The van der Waals surface area contributed by atoms with Gasteiger partial charge in [-0.1, -0.05) is 54.0 Å². The maximum atomic E-state index is 14.3. The molecule has 0 spiro atoms. The van der Waals surface area contributed by atoms with Crippen LogP contribution in [0, 0.1) is 49.7 Å². The van der Waals surface area contributed by atoms with Crippen molar-refractivity contribution in [2.75, 3.05) is 0 Å². The van der Waals surface area contributed by atoms with Crippen LogP contribution in [0.5, 0.6) is 0 Å². The van der Waals surface area contributed by atoms with Crippen molar-refractivity contribution in [3.63, 3.8) is 0 Å². The van der Waals surface area contributed by atoms with Gasteiger partial charge in [-0.3, -0.25) is 14.4 Å². The Kier molecular flexibility index (Phi) is 4.97. The lowest BCUT2D eigenvalue weighted by Gasteiger charge is -2.72. The number of aliphatic carboxylic acids is 1. The molecule has 0 aromatic rings. The molecule has 0 unspecified atom stereocenters. The molecule has 4 heteroatoms. The molecule has 8 atom stereocenters. The van der Waals surface area contributed by atoms with Gasteiger partial charge in [0, 0.05) is 17.8 Å². The minimum atomic E-state index is -0.727. The summed E-state index contributed by atoms with van der Waals surface area (Å²) < 4.78 is 0. The lowest BCUT2D eigenvalue weighted by molar-refractivity contribution is -0.217. The average Bonchev–Trinajstić information content (AvgIpc) is 2.76. The Bertz CT molecular complexity index is 1050. The van der Waals surface area contributed by atoms with E-state index in [0.29, 0.717) is 25.0 Å². The van der Waals surface area contributed by atoms with E-state index in [4.69, 9.17) is 0 Å². The molecule has 0 heterocycles. The molecule has 1 N–H and O–H groups in total. The van der Waals surface area contributed by atoms with Crippen LogP contribution in [-0.2, 0) is 14.4 Å². The monoisotopic (exact) mass is 482 g/mol. The van der Waals surface area contributed by atoms with Crippen LogP contribution in [0.1, 0.15) is 113 Å². The van der Waals surface area contributed by atoms with Crippen LogP contribution in [0.4, 0.5) is 0 Å². The fourth-order valence-corrected chi connectivity index (χ4v) is 10.3. The highest BCUT2D eigenvalue weighted by Gasteiger charge is 2.73. The van der Waals surface area contributed by atoms with Crippen LogP contribution >= 0.6 is 0 Å². The van der Waals surface area contributed by atoms with E-state index in [1.54, 1.807) is 0 Å². The van der Waals surface area contributed by atoms with E-state index < -0.39 is 16.8 Å². The van der Waals surface area contributed by atoms with Crippen LogP contribution in [0.25, 0.3) is 0 Å². The molecule has 194 valence electrons. The summed E-state index contributed by atoms with van der Waals surface area (Å²) >= 11 is 0. The van der Waals surface area contributed by atoms with Crippen molar-refractivity contribution in [3.05, 3.63) is 11.6 Å². The van der Waals surface area contributed by atoms with Crippen molar-refractivity contribution in [1.82, 2.24) is 0 Å². The fourth-order valence-electron chi connectivity index (χ4n) is 10.3. The summed E-state index contributed by atoms with van der Waals surface area (Å²) in [7, 11) is 0. The number of hydrogen-bond acceptors (Lipinski definition) is 3. The number of carboxylic acids is 1. The molecule has 4 saturated carbocycles. The Morgan fingerprint density at radius 2 is 1.46 bits per heavy atom. The molecule has 5 rings (SSSR count). The van der Waals surface area contributed by atoms with Gasteiger partial charge in [0.1, 0.15) is 5.78 Å². The molecular weight excluding hydrogens is 436 g/mol. The van der Waals surface area contributed by atoms with E-state index in [9.17, 15) is 19.5 Å². The van der Waals surface area contributed by atoms with Crippen molar-refractivity contribution >= 4 is 17.5 Å². The third kappa shape index (κ3) is 2.73. The van der Waals surface area contributed by atoms with Crippen molar-refractivity contribution in [1.29, 1.82) is 0 Å². The van der Waals surface area contributed by atoms with E-state index >= 15 is 0 Å². The summed E-state index contributed by atoms with van der Waals surface area (Å²) in [5, 5.41) is 10.1. The first-order valence-electron chi connectivity index (χ1n) is 13.9. The summed E-state index contributed by atoms with van der Waals surface area (Å²) in [5.74, 6) is -0.0773. The van der Waals surface area contributed by atoms with Gasteiger partial charge in [-0.05, 0) is 97.4 Å². The zero-order chi connectivity index (χ0) is 26.0. The van der Waals surface area contributed by atoms with Gasteiger partial charge in [-0.25, -0.2) is 0 Å². The Labute approximate surface area is 211 Å². The molecule has 0 amide bonds. The van der Waals surface area contributed by atoms with Gasteiger partial charge in [0.25, 0.3) is 0 Å². The molecule has 0 radical (unpaired) electrons. The highest BCUT2D eigenvalue weighted by atomic mass is 16.4. The minimum Gasteiger partial charge on any atom is -0.481 e. The zero-order valence-corrected chi connectivity index (χ0v) is 23.3. The maximum absolute atomic E-state index is 14.3. The SMILES string of the molecule is CC1(C)C(=O)CC[C@]2(C)[C@H]3C(=O)C=C4[C@H]5C[C@@](C)(C(=O)O)CC[C@]5(C)CC[C@@]4(C)[C@]3(C)CC[C@@]12C. The Morgan fingerprint density at radius 1 is 0.829 bits per heavy atom. The minimum absolute atomic E-state index is 0.0656. The summed E-state index contributed by atoms with van der Waals surface area (Å²) in [4.78, 5) is 39.7. The predicted molar refractivity (Wildman–Crippen MR) is 137 cm³/mol.